The zero-order valence-electron chi connectivity index (χ0n) is 16.2. The Balaban J connectivity index is 0.00000450. The molecule has 2 aromatic rings. The topological polar surface area (TPSA) is 145 Å². The van der Waals surface area contributed by atoms with Crippen molar-refractivity contribution in [2.24, 2.45) is 4.99 Å². The van der Waals surface area contributed by atoms with Gasteiger partial charge in [0.05, 0.1) is 20.4 Å². The number of rotatable bonds is 9. The minimum absolute atomic E-state index is 0. The summed E-state index contributed by atoms with van der Waals surface area (Å²) >= 11 is 0. The molecule has 0 bridgehead atoms. The van der Waals surface area contributed by atoms with Gasteiger partial charge in [0.1, 0.15) is 18.3 Å². The Morgan fingerprint density at radius 2 is 2.07 bits per heavy atom. The Morgan fingerprint density at radius 1 is 1.30 bits per heavy atom. The maximum absolute atomic E-state index is 12.3. The van der Waals surface area contributed by atoms with Crippen LogP contribution in [-0.4, -0.2) is 71.0 Å². The number of hydrogen-bond acceptors (Lipinski definition) is 9. The molecule has 0 spiro atoms. The summed E-state index contributed by atoms with van der Waals surface area (Å²) in [6, 6.07) is 5.59. The fourth-order valence-corrected chi connectivity index (χ4v) is 2.28. The van der Waals surface area contributed by atoms with Crippen molar-refractivity contribution in [3.8, 4) is 5.75 Å². The summed E-state index contributed by atoms with van der Waals surface area (Å²) in [7, 11) is 2.45. The van der Waals surface area contributed by atoms with Gasteiger partial charge in [-0.25, -0.2) is 9.48 Å². The molecule has 1 unspecified atom stereocenters. The number of carbonyl (C=O) groups excluding carboxylic acids is 3. The number of carbonyl (C=O) groups is 3. The minimum Gasteiger partial charge on any atom is -0.508 e. The molecule has 0 aliphatic carbocycles. The average Bonchev–Trinajstić information content (AvgIpc) is 3.18. The second-order valence-electron chi connectivity index (χ2n) is 5.85. The fourth-order valence-electron chi connectivity index (χ4n) is 2.28. The normalized spacial score (nSPS) is 11.4. The molecule has 0 aliphatic rings. The van der Waals surface area contributed by atoms with Crippen molar-refractivity contribution >= 4 is 24.1 Å². The number of aromatic hydroxyl groups is 1. The van der Waals surface area contributed by atoms with Crippen LogP contribution >= 0.6 is 0 Å². The standard InChI is InChI=1S/C18H21N5O6.Ag/c1-28-16(25)11-23-10-15(21-22-23)17(26)20-14(18(27)29-2)6-7-19-9-12-4-3-5-13(24)8-12;/h3-5,8-10,14,24H,6-7,11H2,1-2H3,(H,20,26);. The first-order chi connectivity index (χ1) is 13.9. The maximum atomic E-state index is 12.3. The summed E-state index contributed by atoms with van der Waals surface area (Å²) in [5, 5.41) is 19.3. The molecule has 2 N–H and O–H groups in total. The monoisotopic (exact) mass is 510 g/mol. The summed E-state index contributed by atoms with van der Waals surface area (Å²) in [5.74, 6) is -1.70. The largest absolute Gasteiger partial charge is 0.508 e. The molecule has 0 fully saturated rings. The Morgan fingerprint density at radius 3 is 2.73 bits per heavy atom. The third-order valence-corrected chi connectivity index (χ3v) is 3.74. The van der Waals surface area contributed by atoms with Crippen molar-refractivity contribution in [1.82, 2.24) is 20.3 Å². The first-order valence-electron chi connectivity index (χ1n) is 8.57. The SMILES string of the molecule is COC(=O)Cn1cc(C(=O)NC(CCN=Cc2cccc(O)c2)C(=O)OC)nn1.[Ag]. The smallest absolute Gasteiger partial charge is 0.328 e. The molecule has 0 saturated heterocycles. The van der Waals surface area contributed by atoms with E-state index in [2.05, 4.69) is 25.4 Å². The number of benzene rings is 1. The van der Waals surface area contributed by atoms with Gasteiger partial charge in [0.25, 0.3) is 5.91 Å². The molecular weight excluding hydrogens is 490 g/mol. The second kappa shape index (κ2) is 12.5. The first kappa shape index (κ1) is 25.0. The molecule has 1 heterocycles. The Kier molecular flexibility index (Phi) is 10.4. The van der Waals surface area contributed by atoms with E-state index < -0.39 is 23.9 Å². The van der Waals surface area contributed by atoms with Crippen molar-refractivity contribution < 1.29 is 51.3 Å². The average molecular weight is 511 g/mol. The van der Waals surface area contributed by atoms with Gasteiger partial charge in [-0.1, -0.05) is 17.3 Å². The molecule has 165 valence electrons. The first-order valence-corrected chi connectivity index (χ1v) is 8.57. The van der Waals surface area contributed by atoms with E-state index in [1.165, 1.54) is 20.4 Å². The van der Waals surface area contributed by atoms with Crippen LogP contribution < -0.4 is 5.32 Å². The van der Waals surface area contributed by atoms with Gasteiger partial charge >= 0.3 is 11.9 Å². The van der Waals surface area contributed by atoms with Gasteiger partial charge < -0.3 is 19.9 Å². The van der Waals surface area contributed by atoms with E-state index in [9.17, 15) is 19.5 Å². The van der Waals surface area contributed by atoms with E-state index in [-0.39, 0.29) is 53.3 Å². The third-order valence-electron chi connectivity index (χ3n) is 3.74. The number of aliphatic imine (C=N–C) groups is 1. The molecule has 1 radical (unpaired) electrons. The van der Waals surface area contributed by atoms with Gasteiger partial charge in [-0.2, -0.15) is 0 Å². The summed E-state index contributed by atoms with van der Waals surface area (Å²) in [4.78, 5) is 39.7. The number of nitrogens with zero attached hydrogens (tertiary/aromatic N) is 4. The van der Waals surface area contributed by atoms with Crippen LogP contribution in [0.2, 0.25) is 0 Å². The van der Waals surface area contributed by atoms with Crippen LogP contribution in [-0.2, 0) is 48.0 Å². The van der Waals surface area contributed by atoms with Crippen molar-refractivity contribution in [2.75, 3.05) is 20.8 Å². The predicted molar refractivity (Wildman–Crippen MR) is 100 cm³/mol. The minimum atomic E-state index is -0.945. The molecule has 1 aromatic carbocycles. The second-order valence-corrected chi connectivity index (χ2v) is 5.85. The molecule has 1 amide bonds. The van der Waals surface area contributed by atoms with E-state index in [0.29, 0.717) is 5.56 Å². The van der Waals surface area contributed by atoms with Gasteiger partial charge in [0.15, 0.2) is 5.69 Å². The van der Waals surface area contributed by atoms with Crippen LogP contribution in [0.5, 0.6) is 5.75 Å². The van der Waals surface area contributed by atoms with E-state index in [4.69, 9.17) is 4.74 Å². The van der Waals surface area contributed by atoms with E-state index in [1.807, 2.05) is 0 Å². The third kappa shape index (κ3) is 7.78. The number of ether oxygens (including phenoxy) is 2. The van der Waals surface area contributed by atoms with Gasteiger partial charge in [-0.15, -0.1) is 5.10 Å². The van der Waals surface area contributed by atoms with Crippen molar-refractivity contribution in [3.63, 3.8) is 0 Å². The van der Waals surface area contributed by atoms with Crippen molar-refractivity contribution in [2.45, 2.75) is 19.0 Å². The molecule has 11 nitrogen and oxygen atoms in total. The number of nitrogens with one attached hydrogen (secondary N) is 1. The molecular formula is C18H21AgN5O6. The maximum Gasteiger partial charge on any atom is 0.328 e. The number of phenolic OH excluding ortho intramolecular Hbond substituents is 1. The van der Waals surface area contributed by atoms with Crippen molar-refractivity contribution in [3.05, 3.63) is 41.7 Å². The Hall–Kier alpha value is -3.02. The number of hydrogen-bond donors (Lipinski definition) is 2. The summed E-state index contributed by atoms with van der Waals surface area (Å²) in [6.07, 6.45) is 3.00. The zero-order chi connectivity index (χ0) is 21.2. The summed E-state index contributed by atoms with van der Waals surface area (Å²) < 4.78 is 10.4. The molecule has 0 saturated carbocycles. The molecule has 30 heavy (non-hydrogen) atoms. The van der Waals surface area contributed by atoms with E-state index >= 15 is 0 Å². The molecule has 1 atom stereocenters. The summed E-state index contributed by atoms with van der Waals surface area (Å²) in [6.45, 7) is 0.0334. The Labute approximate surface area is 188 Å². The van der Waals surface area contributed by atoms with Crippen LogP contribution in [0, 0.1) is 0 Å². The zero-order valence-corrected chi connectivity index (χ0v) is 17.7. The van der Waals surface area contributed by atoms with Crippen LogP contribution in [0.4, 0.5) is 0 Å². The van der Waals surface area contributed by atoms with E-state index in [0.717, 1.165) is 4.68 Å². The van der Waals surface area contributed by atoms with Crippen LogP contribution in [0.3, 0.4) is 0 Å². The number of aromatic nitrogens is 3. The number of amides is 1. The number of esters is 2. The molecule has 2 rings (SSSR count). The van der Waals surface area contributed by atoms with E-state index in [1.54, 1.807) is 30.5 Å². The molecule has 1 aromatic heterocycles. The van der Waals surface area contributed by atoms with Gasteiger partial charge in [-0.3, -0.25) is 14.6 Å². The number of phenols is 1. The van der Waals surface area contributed by atoms with Crippen LogP contribution in [0.15, 0.2) is 35.5 Å². The van der Waals surface area contributed by atoms with Gasteiger partial charge in [0.2, 0.25) is 0 Å². The van der Waals surface area contributed by atoms with Crippen LogP contribution in [0.1, 0.15) is 22.5 Å². The Bertz CT molecular complexity index is 901. The quantitative estimate of drug-likeness (QED) is 0.271. The molecule has 12 heteroatoms. The summed E-state index contributed by atoms with van der Waals surface area (Å²) in [5.41, 5.74) is 0.636. The van der Waals surface area contributed by atoms with Crippen molar-refractivity contribution in [1.29, 1.82) is 0 Å². The van der Waals surface area contributed by atoms with Crippen LogP contribution in [0.25, 0.3) is 0 Å². The predicted octanol–water partition coefficient (Wildman–Crippen LogP) is -0.0652. The number of methoxy groups -OCH3 is 2. The molecule has 0 aliphatic heterocycles. The van der Waals surface area contributed by atoms with Gasteiger partial charge in [0, 0.05) is 35.1 Å². The van der Waals surface area contributed by atoms with Gasteiger partial charge in [-0.05, 0) is 24.1 Å². The fraction of sp³-hybridized carbons (Fsp3) is 0.333.